The Morgan fingerprint density at radius 2 is 1.54 bits per heavy atom. The van der Waals surface area contributed by atoms with Gasteiger partial charge in [0.15, 0.2) is 0 Å². The van der Waals surface area contributed by atoms with E-state index in [1.54, 1.807) is 0 Å². The lowest BCUT2D eigenvalue weighted by Gasteiger charge is -2.37. The van der Waals surface area contributed by atoms with Gasteiger partial charge in [-0.05, 0) is 69.1 Å². The highest BCUT2D eigenvalue weighted by Gasteiger charge is 2.26. The SMILES string of the molecule is CCCCN1CC(=CC=C2C=C(C(C)(C)C)Oc3cc(N(CC)CC)ccc32)CN(CCCC)C1. The molecule has 0 amide bonds. The summed E-state index contributed by atoms with van der Waals surface area (Å²) < 4.78 is 6.48. The first-order valence-electron chi connectivity index (χ1n) is 13.9. The fourth-order valence-electron chi connectivity index (χ4n) is 4.88. The van der Waals surface area contributed by atoms with Crippen LogP contribution >= 0.6 is 0 Å². The van der Waals surface area contributed by atoms with Gasteiger partial charge in [0.2, 0.25) is 0 Å². The highest BCUT2D eigenvalue weighted by atomic mass is 16.5. The Kier molecular flexibility index (Phi) is 10.1. The summed E-state index contributed by atoms with van der Waals surface area (Å²) in [7, 11) is 0. The average Bonchev–Trinajstić information content (AvgIpc) is 2.84. The van der Waals surface area contributed by atoms with Crippen LogP contribution in [0.25, 0.3) is 5.57 Å². The number of ether oxygens (including phenoxy) is 1. The summed E-state index contributed by atoms with van der Waals surface area (Å²) in [6.07, 6.45) is 12.0. The van der Waals surface area contributed by atoms with E-state index in [1.165, 1.54) is 61.2 Å². The second-order valence-electron chi connectivity index (χ2n) is 11.1. The maximum atomic E-state index is 6.48. The number of rotatable bonds is 10. The number of hydrogen-bond donors (Lipinski definition) is 0. The third-order valence-electron chi connectivity index (χ3n) is 7.06. The molecule has 4 heteroatoms. The van der Waals surface area contributed by atoms with Gasteiger partial charge in [0, 0.05) is 48.9 Å². The minimum absolute atomic E-state index is 0.0477. The van der Waals surface area contributed by atoms with E-state index in [1.807, 2.05) is 0 Å². The van der Waals surface area contributed by atoms with Crippen LogP contribution in [-0.4, -0.2) is 55.7 Å². The molecule has 3 rings (SSSR count). The van der Waals surface area contributed by atoms with E-state index >= 15 is 0 Å². The first-order valence-corrected chi connectivity index (χ1v) is 13.9. The average molecular weight is 480 g/mol. The number of anilines is 1. The first-order chi connectivity index (χ1) is 16.8. The molecule has 0 spiro atoms. The molecule has 0 N–H and O–H groups in total. The molecule has 1 aromatic rings. The molecule has 2 aliphatic rings. The zero-order chi connectivity index (χ0) is 25.4. The van der Waals surface area contributed by atoms with Gasteiger partial charge in [0.05, 0.1) is 6.67 Å². The molecule has 35 heavy (non-hydrogen) atoms. The first kappa shape index (κ1) is 27.5. The molecule has 0 atom stereocenters. The summed E-state index contributed by atoms with van der Waals surface area (Å²) in [5, 5.41) is 0. The number of fused-ring (bicyclic) bond motifs is 1. The van der Waals surface area contributed by atoms with Gasteiger partial charge < -0.3 is 9.64 Å². The topological polar surface area (TPSA) is 19.0 Å². The van der Waals surface area contributed by atoms with Crippen molar-refractivity contribution in [3.05, 3.63) is 53.3 Å². The molecule has 4 nitrogen and oxygen atoms in total. The predicted octanol–water partition coefficient (Wildman–Crippen LogP) is 7.34. The number of benzene rings is 1. The molecule has 0 aromatic heterocycles. The van der Waals surface area contributed by atoms with E-state index < -0.39 is 0 Å². The van der Waals surface area contributed by atoms with Gasteiger partial charge in [-0.15, -0.1) is 0 Å². The van der Waals surface area contributed by atoms with E-state index in [0.717, 1.165) is 44.4 Å². The Morgan fingerprint density at radius 3 is 2.09 bits per heavy atom. The summed E-state index contributed by atoms with van der Waals surface area (Å²) in [6, 6.07) is 6.71. The Balaban J connectivity index is 1.94. The zero-order valence-corrected chi connectivity index (χ0v) is 23.5. The van der Waals surface area contributed by atoms with Gasteiger partial charge in [-0.3, -0.25) is 9.80 Å². The van der Waals surface area contributed by atoms with Gasteiger partial charge in [0.25, 0.3) is 0 Å². The largest absolute Gasteiger partial charge is 0.460 e. The molecule has 2 heterocycles. The number of nitrogens with zero attached hydrogens (tertiary/aromatic N) is 3. The van der Waals surface area contributed by atoms with E-state index in [-0.39, 0.29) is 5.41 Å². The number of hydrogen-bond acceptors (Lipinski definition) is 4. The van der Waals surface area contributed by atoms with Crippen LogP contribution < -0.4 is 9.64 Å². The molecule has 1 saturated heterocycles. The molecule has 0 radical (unpaired) electrons. The molecule has 0 unspecified atom stereocenters. The van der Waals surface area contributed by atoms with Crippen molar-refractivity contribution in [1.29, 1.82) is 0 Å². The van der Waals surface area contributed by atoms with Crippen LogP contribution in [0.5, 0.6) is 5.75 Å². The van der Waals surface area contributed by atoms with Crippen LogP contribution in [0.3, 0.4) is 0 Å². The second-order valence-corrected chi connectivity index (χ2v) is 11.1. The monoisotopic (exact) mass is 479 g/mol. The summed E-state index contributed by atoms with van der Waals surface area (Å²) in [5.41, 5.74) is 5.13. The molecule has 1 fully saturated rings. The van der Waals surface area contributed by atoms with Gasteiger partial charge >= 0.3 is 0 Å². The number of allylic oxidation sites excluding steroid dienone is 5. The maximum Gasteiger partial charge on any atom is 0.136 e. The van der Waals surface area contributed by atoms with E-state index in [0.29, 0.717) is 0 Å². The maximum absolute atomic E-state index is 6.48. The van der Waals surface area contributed by atoms with Crippen LogP contribution in [0.4, 0.5) is 5.69 Å². The van der Waals surface area contributed by atoms with Gasteiger partial charge in [-0.1, -0.05) is 59.6 Å². The fraction of sp³-hybridized carbons (Fsp3) is 0.613. The Hall–Kier alpha value is -2.04. The summed E-state index contributed by atoms with van der Waals surface area (Å²) in [5.74, 6) is 2.01. The standard InChI is InChI=1S/C31H49N3O/c1-8-12-18-32-22-25(23-33(24-32)19-13-9-2)14-15-26-20-30(31(5,6)7)35-29-21-27(16-17-28(26)29)34(10-3)11-4/h14-17,20-21H,8-13,18-19,22-24H2,1-7H3. The van der Waals surface area contributed by atoms with Crippen LogP contribution in [0.1, 0.15) is 79.7 Å². The highest BCUT2D eigenvalue weighted by Crippen LogP contribution is 2.41. The van der Waals surface area contributed by atoms with E-state index in [2.05, 4.69) is 99.6 Å². The third-order valence-corrected chi connectivity index (χ3v) is 7.06. The molecule has 194 valence electrons. The molecular formula is C31H49N3O. The highest BCUT2D eigenvalue weighted by molar-refractivity contribution is 5.82. The molecule has 0 bridgehead atoms. The van der Waals surface area contributed by atoms with Crippen molar-refractivity contribution >= 4 is 11.3 Å². The van der Waals surface area contributed by atoms with Crippen molar-refractivity contribution < 1.29 is 4.74 Å². The van der Waals surface area contributed by atoms with Crippen LogP contribution in [0, 0.1) is 5.41 Å². The molecule has 2 aliphatic heterocycles. The lowest BCUT2D eigenvalue weighted by Crippen LogP contribution is -2.46. The van der Waals surface area contributed by atoms with Crippen molar-refractivity contribution in [2.75, 3.05) is 50.8 Å². The zero-order valence-electron chi connectivity index (χ0n) is 23.5. The smallest absolute Gasteiger partial charge is 0.136 e. The van der Waals surface area contributed by atoms with Gasteiger partial charge in [0.1, 0.15) is 11.5 Å². The van der Waals surface area contributed by atoms with Gasteiger partial charge in [-0.25, -0.2) is 0 Å². The summed E-state index contributed by atoms with van der Waals surface area (Å²) >= 11 is 0. The minimum atomic E-state index is -0.0477. The minimum Gasteiger partial charge on any atom is -0.460 e. The lowest BCUT2D eigenvalue weighted by atomic mass is 9.89. The van der Waals surface area contributed by atoms with Crippen molar-refractivity contribution in [3.8, 4) is 5.75 Å². The van der Waals surface area contributed by atoms with Crippen molar-refractivity contribution in [3.63, 3.8) is 0 Å². The van der Waals surface area contributed by atoms with Crippen LogP contribution in [0.15, 0.2) is 47.8 Å². The van der Waals surface area contributed by atoms with E-state index in [9.17, 15) is 0 Å². The normalized spacial score (nSPS) is 18.3. The third kappa shape index (κ3) is 7.47. The van der Waals surface area contributed by atoms with Crippen molar-refractivity contribution in [2.24, 2.45) is 5.41 Å². The molecular weight excluding hydrogens is 430 g/mol. The predicted molar refractivity (Wildman–Crippen MR) is 152 cm³/mol. The van der Waals surface area contributed by atoms with Crippen molar-refractivity contribution in [1.82, 2.24) is 9.80 Å². The summed E-state index contributed by atoms with van der Waals surface area (Å²) in [4.78, 5) is 7.62. The summed E-state index contributed by atoms with van der Waals surface area (Å²) in [6.45, 7) is 23.3. The molecule has 1 aromatic carbocycles. The molecule has 0 saturated carbocycles. The molecule has 0 aliphatic carbocycles. The number of unbranched alkanes of at least 4 members (excludes halogenated alkanes) is 2. The van der Waals surface area contributed by atoms with Crippen LogP contribution in [-0.2, 0) is 0 Å². The Labute approximate surface area is 215 Å². The van der Waals surface area contributed by atoms with Crippen molar-refractivity contribution in [2.45, 2.75) is 74.1 Å². The van der Waals surface area contributed by atoms with Gasteiger partial charge in [-0.2, -0.15) is 0 Å². The quantitative estimate of drug-likeness (QED) is 0.349. The van der Waals surface area contributed by atoms with Crippen LogP contribution in [0.2, 0.25) is 0 Å². The lowest BCUT2D eigenvalue weighted by molar-refractivity contribution is 0.114. The fourth-order valence-corrected chi connectivity index (χ4v) is 4.88. The Morgan fingerprint density at radius 1 is 0.914 bits per heavy atom. The second kappa shape index (κ2) is 12.8. The Bertz CT molecular complexity index is 900. The van der Waals surface area contributed by atoms with E-state index in [4.69, 9.17) is 4.74 Å².